The second-order valence-corrected chi connectivity index (χ2v) is 7.68. The Morgan fingerprint density at radius 1 is 1.34 bits per heavy atom. The number of carbonyl (C=O) groups excluding carboxylic acids is 1. The van der Waals surface area contributed by atoms with E-state index >= 15 is 0 Å². The first-order valence-electron chi connectivity index (χ1n) is 8.94. The standard InChI is InChI=1S/C20H21F3N4OS/c1-12-10-25-27(2)18(12)14-8-17(29-11-14)19(28)26-15(9-24)7-13-5-3-4-6-16(13)20(21,22)23/h3-6,8,10-11,15H,7,9,24H2,1-2H3,(H,26,28). The summed E-state index contributed by atoms with van der Waals surface area (Å²) in [5, 5.41) is 8.81. The Morgan fingerprint density at radius 2 is 2.07 bits per heavy atom. The number of nitrogens with one attached hydrogen (secondary N) is 1. The van der Waals surface area contributed by atoms with Gasteiger partial charge in [0, 0.05) is 30.6 Å². The first-order chi connectivity index (χ1) is 13.7. The molecule has 3 aromatic rings. The van der Waals surface area contributed by atoms with Crippen LogP contribution in [0.15, 0.2) is 41.9 Å². The number of hydrogen-bond acceptors (Lipinski definition) is 4. The number of rotatable bonds is 6. The molecule has 29 heavy (non-hydrogen) atoms. The van der Waals surface area contributed by atoms with Crippen LogP contribution in [0.1, 0.15) is 26.4 Å². The van der Waals surface area contributed by atoms with Crippen LogP contribution < -0.4 is 11.1 Å². The number of nitrogens with zero attached hydrogens (tertiary/aromatic N) is 2. The lowest BCUT2D eigenvalue weighted by atomic mass is 9.99. The minimum absolute atomic E-state index is 0.00298. The minimum atomic E-state index is -4.45. The molecular weight excluding hydrogens is 401 g/mol. The average Bonchev–Trinajstić information content (AvgIpc) is 3.27. The van der Waals surface area contributed by atoms with E-state index in [1.165, 1.54) is 23.5 Å². The fraction of sp³-hybridized carbons (Fsp3) is 0.300. The molecule has 5 nitrogen and oxygen atoms in total. The third-order valence-corrected chi connectivity index (χ3v) is 5.56. The van der Waals surface area contributed by atoms with E-state index in [4.69, 9.17) is 5.73 Å². The van der Waals surface area contributed by atoms with Crippen LogP contribution in [0.2, 0.25) is 0 Å². The van der Waals surface area contributed by atoms with Gasteiger partial charge in [0.1, 0.15) is 0 Å². The largest absolute Gasteiger partial charge is 0.416 e. The normalized spacial score (nSPS) is 12.8. The van der Waals surface area contributed by atoms with E-state index < -0.39 is 17.8 Å². The number of halogens is 3. The first-order valence-corrected chi connectivity index (χ1v) is 9.82. The number of benzene rings is 1. The van der Waals surface area contributed by atoms with Crippen molar-refractivity contribution < 1.29 is 18.0 Å². The molecule has 0 aliphatic rings. The van der Waals surface area contributed by atoms with E-state index in [1.807, 2.05) is 19.4 Å². The van der Waals surface area contributed by atoms with Crippen LogP contribution in [0.4, 0.5) is 13.2 Å². The lowest BCUT2D eigenvalue weighted by molar-refractivity contribution is -0.138. The van der Waals surface area contributed by atoms with E-state index in [0.29, 0.717) is 4.88 Å². The Hall–Kier alpha value is -2.65. The summed E-state index contributed by atoms with van der Waals surface area (Å²) in [4.78, 5) is 13.1. The van der Waals surface area contributed by atoms with Crippen molar-refractivity contribution in [1.29, 1.82) is 0 Å². The maximum absolute atomic E-state index is 13.2. The maximum atomic E-state index is 13.2. The number of amides is 1. The highest BCUT2D eigenvalue weighted by Crippen LogP contribution is 2.32. The molecule has 154 valence electrons. The highest BCUT2D eigenvalue weighted by molar-refractivity contribution is 7.12. The summed E-state index contributed by atoms with van der Waals surface area (Å²) >= 11 is 1.27. The lowest BCUT2D eigenvalue weighted by Gasteiger charge is -2.19. The second-order valence-electron chi connectivity index (χ2n) is 6.76. The van der Waals surface area contributed by atoms with E-state index in [-0.39, 0.29) is 24.4 Å². The molecule has 3 N–H and O–H groups in total. The lowest BCUT2D eigenvalue weighted by Crippen LogP contribution is -2.41. The fourth-order valence-electron chi connectivity index (χ4n) is 3.23. The number of carbonyl (C=O) groups is 1. The molecule has 0 bridgehead atoms. The van der Waals surface area contributed by atoms with Crippen LogP contribution in [0.3, 0.4) is 0 Å². The molecule has 1 atom stereocenters. The van der Waals surface area contributed by atoms with E-state index in [9.17, 15) is 18.0 Å². The second kappa shape index (κ2) is 8.38. The molecule has 1 amide bonds. The molecule has 0 radical (unpaired) electrons. The van der Waals surface area contributed by atoms with Crippen molar-refractivity contribution >= 4 is 17.2 Å². The van der Waals surface area contributed by atoms with Crippen LogP contribution in [0.5, 0.6) is 0 Å². The Bertz CT molecular complexity index is 990. The van der Waals surface area contributed by atoms with Crippen LogP contribution in [0, 0.1) is 6.92 Å². The van der Waals surface area contributed by atoms with E-state index in [0.717, 1.165) is 22.9 Å². The zero-order valence-electron chi connectivity index (χ0n) is 16.0. The van der Waals surface area contributed by atoms with Gasteiger partial charge in [-0.1, -0.05) is 18.2 Å². The van der Waals surface area contributed by atoms with Crippen LogP contribution >= 0.6 is 11.3 Å². The molecule has 0 saturated carbocycles. The van der Waals surface area contributed by atoms with Crippen molar-refractivity contribution in [2.45, 2.75) is 25.6 Å². The van der Waals surface area contributed by atoms with Gasteiger partial charge >= 0.3 is 6.18 Å². The number of nitrogens with two attached hydrogens (primary N) is 1. The van der Waals surface area contributed by atoms with Gasteiger partial charge < -0.3 is 11.1 Å². The SMILES string of the molecule is Cc1cnn(C)c1-c1csc(C(=O)NC(CN)Cc2ccccc2C(F)(F)F)c1. The molecule has 1 unspecified atom stereocenters. The van der Waals surface area contributed by atoms with Gasteiger partial charge in [0.15, 0.2) is 0 Å². The topological polar surface area (TPSA) is 72.9 Å². The number of aromatic nitrogens is 2. The Kier molecular flexibility index (Phi) is 6.09. The molecule has 0 fully saturated rings. The van der Waals surface area contributed by atoms with Crippen LogP contribution in [-0.4, -0.2) is 28.3 Å². The smallest absolute Gasteiger partial charge is 0.347 e. The minimum Gasteiger partial charge on any atom is -0.347 e. The summed E-state index contributed by atoms with van der Waals surface area (Å²) in [6.07, 6.45) is -2.71. The van der Waals surface area contributed by atoms with Crippen LogP contribution in [0.25, 0.3) is 11.3 Å². The zero-order chi connectivity index (χ0) is 21.2. The Labute approximate surface area is 170 Å². The van der Waals surface area contributed by atoms with Gasteiger partial charge in [0.25, 0.3) is 5.91 Å². The van der Waals surface area contributed by atoms with Gasteiger partial charge in [-0.05, 0) is 36.6 Å². The third kappa shape index (κ3) is 4.68. The molecule has 1 aromatic carbocycles. The predicted molar refractivity (Wildman–Crippen MR) is 107 cm³/mol. The van der Waals surface area contributed by atoms with Crippen molar-refractivity contribution in [2.75, 3.05) is 6.54 Å². The number of alkyl halides is 3. The molecule has 0 aliphatic carbocycles. The maximum Gasteiger partial charge on any atom is 0.416 e. The number of thiophene rings is 1. The summed E-state index contributed by atoms with van der Waals surface area (Å²) in [5.41, 5.74) is 7.88. The quantitative estimate of drug-likeness (QED) is 0.635. The predicted octanol–water partition coefficient (Wildman–Crippen LogP) is 3.78. The van der Waals surface area contributed by atoms with Crippen LogP contribution in [-0.2, 0) is 19.6 Å². The molecule has 0 spiro atoms. The summed E-state index contributed by atoms with van der Waals surface area (Å²) in [6, 6.07) is 6.47. The highest BCUT2D eigenvalue weighted by Gasteiger charge is 2.33. The van der Waals surface area contributed by atoms with Gasteiger partial charge in [-0.2, -0.15) is 18.3 Å². The molecule has 0 saturated heterocycles. The van der Waals surface area contributed by atoms with Gasteiger partial charge in [0.05, 0.1) is 22.3 Å². The third-order valence-electron chi connectivity index (χ3n) is 4.63. The molecule has 0 aliphatic heterocycles. The van der Waals surface area contributed by atoms with Gasteiger partial charge in [-0.15, -0.1) is 11.3 Å². The van der Waals surface area contributed by atoms with Gasteiger partial charge in [-0.3, -0.25) is 9.48 Å². The van der Waals surface area contributed by atoms with Crippen molar-refractivity contribution in [3.8, 4) is 11.3 Å². The van der Waals surface area contributed by atoms with Crippen molar-refractivity contribution in [3.05, 3.63) is 63.5 Å². The summed E-state index contributed by atoms with van der Waals surface area (Å²) in [5.74, 6) is -0.360. The number of aryl methyl sites for hydroxylation is 2. The van der Waals surface area contributed by atoms with Crippen molar-refractivity contribution in [3.63, 3.8) is 0 Å². The zero-order valence-corrected chi connectivity index (χ0v) is 16.8. The highest BCUT2D eigenvalue weighted by atomic mass is 32.1. The average molecular weight is 422 g/mol. The summed E-state index contributed by atoms with van der Waals surface area (Å²) in [7, 11) is 1.82. The van der Waals surface area contributed by atoms with Crippen molar-refractivity contribution in [1.82, 2.24) is 15.1 Å². The van der Waals surface area contributed by atoms with E-state index in [1.54, 1.807) is 23.0 Å². The molecule has 9 heteroatoms. The first kappa shape index (κ1) is 21.1. The monoisotopic (exact) mass is 422 g/mol. The fourth-order valence-corrected chi connectivity index (χ4v) is 4.03. The Balaban J connectivity index is 1.75. The molecular formula is C20H21F3N4OS. The van der Waals surface area contributed by atoms with Gasteiger partial charge in [0.2, 0.25) is 0 Å². The van der Waals surface area contributed by atoms with E-state index in [2.05, 4.69) is 10.4 Å². The Morgan fingerprint density at radius 3 is 2.69 bits per heavy atom. The molecule has 2 heterocycles. The van der Waals surface area contributed by atoms with Crippen molar-refractivity contribution in [2.24, 2.45) is 12.8 Å². The summed E-state index contributed by atoms with van der Waals surface area (Å²) < 4.78 is 41.4. The van der Waals surface area contributed by atoms with Gasteiger partial charge in [-0.25, -0.2) is 0 Å². The number of hydrogen-bond donors (Lipinski definition) is 2. The summed E-state index contributed by atoms with van der Waals surface area (Å²) in [6.45, 7) is 1.96. The molecule has 2 aromatic heterocycles. The molecule has 3 rings (SSSR count).